The van der Waals surface area contributed by atoms with Crippen molar-refractivity contribution in [3.63, 3.8) is 0 Å². The molecule has 2 rings (SSSR count). The van der Waals surface area contributed by atoms with Crippen LogP contribution in [0.4, 0.5) is 0 Å². The zero-order valence-corrected chi connectivity index (χ0v) is 11.1. The number of ether oxygens (including phenoxy) is 1. The summed E-state index contributed by atoms with van der Waals surface area (Å²) in [5.41, 5.74) is 1.69. The summed E-state index contributed by atoms with van der Waals surface area (Å²) in [6, 6.07) is 11.0. The number of hydrogen-bond acceptors (Lipinski definition) is 3. The Hall–Kier alpha value is -2.13. The van der Waals surface area contributed by atoms with E-state index < -0.39 is 0 Å². The molecular formula is C15H12ClNO2. The summed E-state index contributed by atoms with van der Waals surface area (Å²) >= 11 is 6.04. The Kier molecular flexibility index (Phi) is 4.31. The lowest BCUT2D eigenvalue weighted by Gasteiger charge is -2.00. The van der Waals surface area contributed by atoms with Crippen molar-refractivity contribution in [3.8, 4) is 5.75 Å². The predicted molar refractivity (Wildman–Crippen MR) is 75.9 cm³/mol. The summed E-state index contributed by atoms with van der Waals surface area (Å²) < 4.78 is 4.90. The normalized spacial score (nSPS) is 10.6. The molecule has 0 unspecified atom stereocenters. The number of esters is 1. The second-order valence-corrected chi connectivity index (χ2v) is 4.27. The largest absolute Gasteiger partial charge is 0.425 e. The highest BCUT2D eigenvalue weighted by Gasteiger charge is 1.98. The summed E-state index contributed by atoms with van der Waals surface area (Å²) in [6.07, 6.45) is 5.24. The molecule has 1 aromatic heterocycles. The average Bonchev–Trinajstić information content (AvgIpc) is 2.39. The maximum absolute atomic E-state index is 10.8. The van der Waals surface area contributed by atoms with Crippen LogP contribution >= 0.6 is 11.6 Å². The molecule has 1 heterocycles. The van der Waals surface area contributed by atoms with Gasteiger partial charge in [-0.3, -0.25) is 9.78 Å². The van der Waals surface area contributed by atoms with Crippen LogP contribution in [0.1, 0.15) is 18.2 Å². The molecule has 0 radical (unpaired) electrons. The Bertz CT molecular complexity index is 606. The van der Waals surface area contributed by atoms with Crippen molar-refractivity contribution >= 4 is 29.7 Å². The molecule has 0 aliphatic heterocycles. The molecule has 0 N–H and O–H groups in total. The summed E-state index contributed by atoms with van der Waals surface area (Å²) in [7, 11) is 0. The number of pyridine rings is 1. The van der Waals surface area contributed by atoms with E-state index in [0.29, 0.717) is 10.8 Å². The van der Waals surface area contributed by atoms with Crippen molar-refractivity contribution in [3.05, 3.63) is 58.9 Å². The Labute approximate surface area is 116 Å². The smallest absolute Gasteiger partial charge is 0.308 e. The van der Waals surface area contributed by atoms with Gasteiger partial charge < -0.3 is 4.74 Å². The van der Waals surface area contributed by atoms with Crippen LogP contribution in [0.2, 0.25) is 5.02 Å². The number of carbonyl (C=O) groups excluding carboxylic acids is 1. The molecule has 0 fully saturated rings. The fourth-order valence-corrected chi connectivity index (χ4v) is 1.70. The molecule has 0 atom stereocenters. The summed E-state index contributed by atoms with van der Waals surface area (Å²) in [5.74, 6) is 0.0727. The Balaban J connectivity index is 2.11. The SMILES string of the molecule is CC(=O)Oc1ccc(/C=C/c2ccccc2Cl)nc1. The first-order valence-electron chi connectivity index (χ1n) is 5.72. The molecule has 0 spiro atoms. The van der Waals surface area contributed by atoms with E-state index in [2.05, 4.69) is 4.98 Å². The number of carbonyl (C=O) groups is 1. The lowest BCUT2D eigenvalue weighted by molar-refractivity contribution is -0.131. The third-order valence-corrected chi connectivity index (χ3v) is 2.70. The van der Waals surface area contributed by atoms with Crippen LogP contribution in [-0.2, 0) is 4.79 Å². The van der Waals surface area contributed by atoms with E-state index in [-0.39, 0.29) is 5.97 Å². The molecule has 2 aromatic rings. The Morgan fingerprint density at radius 2 is 2.00 bits per heavy atom. The van der Waals surface area contributed by atoms with Gasteiger partial charge in [0.1, 0.15) is 5.75 Å². The quantitative estimate of drug-likeness (QED) is 0.798. The van der Waals surface area contributed by atoms with Crippen LogP contribution in [0.5, 0.6) is 5.75 Å². The molecule has 4 heteroatoms. The topological polar surface area (TPSA) is 39.2 Å². The zero-order chi connectivity index (χ0) is 13.7. The van der Waals surface area contributed by atoms with Crippen molar-refractivity contribution in [1.29, 1.82) is 0 Å². The zero-order valence-electron chi connectivity index (χ0n) is 10.3. The van der Waals surface area contributed by atoms with E-state index in [9.17, 15) is 4.79 Å². The van der Waals surface area contributed by atoms with Gasteiger partial charge in [-0.05, 0) is 29.8 Å². The fraction of sp³-hybridized carbons (Fsp3) is 0.0667. The summed E-state index contributed by atoms with van der Waals surface area (Å²) in [6.45, 7) is 1.35. The van der Waals surface area contributed by atoms with Crippen LogP contribution in [0.25, 0.3) is 12.2 Å². The molecule has 0 amide bonds. The van der Waals surface area contributed by atoms with Gasteiger partial charge in [-0.1, -0.05) is 35.9 Å². The minimum absolute atomic E-state index is 0.360. The Morgan fingerprint density at radius 3 is 2.63 bits per heavy atom. The van der Waals surface area contributed by atoms with Crippen LogP contribution in [0.15, 0.2) is 42.6 Å². The van der Waals surface area contributed by atoms with Crippen molar-refractivity contribution in [2.45, 2.75) is 6.92 Å². The highest BCUT2D eigenvalue weighted by atomic mass is 35.5. The van der Waals surface area contributed by atoms with E-state index in [1.54, 1.807) is 12.1 Å². The summed E-state index contributed by atoms with van der Waals surface area (Å²) in [4.78, 5) is 14.9. The first kappa shape index (κ1) is 13.3. The van der Waals surface area contributed by atoms with Crippen molar-refractivity contribution in [1.82, 2.24) is 4.98 Å². The van der Waals surface area contributed by atoms with Gasteiger partial charge in [0.15, 0.2) is 0 Å². The van der Waals surface area contributed by atoms with Crippen molar-refractivity contribution < 1.29 is 9.53 Å². The minimum Gasteiger partial charge on any atom is -0.425 e. The van der Waals surface area contributed by atoms with Crippen LogP contribution in [0, 0.1) is 0 Å². The second kappa shape index (κ2) is 6.16. The number of nitrogens with zero attached hydrogens (tertiary/aromatic N) is 1. The molecule has 0 saturated heterocycles. The van der Waals surface area contributed by atoms with E-state index in [1.165, 1.54) is 13.1 Å². The number of benzene rings is 1. The molecule has 0 saturated carbocycles. The van der Waals surface area contributed by atoms with E-state index >= 15 is 0 Å². The third-order valence-electron chi connectivity index (χ3n) is 2.36. The average molecular weight is 274 g/mol. The minimum atomic E-state index is -0.360. The second-order valence-electron chi connectivity index (χ2n) is 3.87. The molecule has 0 aliphatic rings. The van der Waals surface area contributed by atoms with Gasteiger partial charge in [0.05, 0.1) is 11.9 Å². The molecule has 96 valence electrons. The van der Waals surface area contributed by atoms with Gasteiger partial charge in [0.25, 0.3) is 0 Å². The van der Waals surface area contributed by atoms with Crippen molar-refractivity contribution in [2.24, 2.45) is 0 Å². The standard InChI is InChI=1S/C15H12ClNO2/c1-11(18)19-14-9-8-13(17-10-14)7-6-12-4-2-3-5-15(12)16/h2-10H,1H3/b7-6+. The molecule has 0 bridgehead atoms. The van der Waals surface area contributed by atoms with Crippen LogP contribution in [0.3, 0.4) is 0 Å². The maximum atomic E-state index is 10.8. The number of halogens is 1. The van der Waals surface area contributed by atoms with Gasteiger partial charge in [0, 0.05) is 11.9 Å². The molecule has 0 aliphatic carbocycles. The van der Waals surface area contributed by atoms with Crippen LogP contribution in [-0.4, -0.2) is 11.0 Å². The van der Waals surface area contributed by atoms with Crippen molar-refractivity contribution in [2.75, 3.05) is 0 Å². The number of aromatic nitrogens is 1. The van der Waals surface area contributed by atoms with Gasteiger partial charge in [-0.2, -0.15) is 0 Å². The highest BCUT2D eigenvalue weighted by molar-refractivity contribution is 6.32. The number of hydrogen-bond donors (Lipinski definition) is 0. The van der Waals surface area contributed by atoms with E-state index in [4.69, 9.17) is 16.3 Å². The first-order chi connectivity index (χ1) is 9.15. The van der Waals surface area contributed by atoms with E-state index in [0.717, 1.165) is 11.3 Å². The van der Waals surface area contributed by atoms with Gasteiger partial charge in [-0.25, -0.2) is 0 Å². The fourth-order valence-electron chi connectivity index (χ4n) is 1.50. The maximum Gasteiger partial charge on any atom is 0.308 e. The van der Waals surface area contributed by atoms with Gasteiger partial charge >= 0.3 is 5.97 Å². The molecule has 19 heavy (non-hydrogen) atoms. The monoisotopic (exact) mass is 273 g/mol. The lowest BCUT2D eigenvalue weighted by atomic mass is 10.2. The molecule has 3 nitrogen and oxygen atoms in total. The highest BCUT2D eigenvalue weighted by Crippen LogP contribution is 2.18. The van der Waals surface area contributed by atoms with E-state index in [1.807, 2.05) is 36.4 Å². The lowest BCUT2D eigenvalue weighted by Crippen LogP contribution is -2.01. The first-order valence-corrected chi connectivity index (χ1v) is 6.10. The number of rotatable bonds is 3. The Morgan fingerprint density at radius 1 is 1.21 bits per heavy atom. The third kappa shape index (κ3) is 3.93. The van der Waals surface area contributed by atoms with Crippen LogP contribution < -0.4 is 4.74 Å². The van der Waals surface area contributed by atoms with Gasteiger partial charge in [0.2, 0.25) is 0 Å². The molecular weight excluding hydrogens is 262 g/mol. The van der Waals surface area contributed by atoms with Gasteiger partial charge in [-0.15, -0.1) is 0 Å². The molecule has 1 aromatic carbocycles. The summed E-state index contributed by atoms with van der Waals surface area (Å²) in [5, 5.41) is 0.690. The predicted octanol–water partition coefficient (Wildman–Crippen LogP) is 3.83.